The lowest BCUT2D eigenvalue weighted by molar-refractivity contribution is 0.166. The van der Waals surface area contributed by atoms with Gasteiger partial charge < -0.3 is 0 Å². The molecule has 0 spiro atoms. The van der Waals surface area contributed by atoms with Crippen LogP contribution in [0.2, 0.25) is 0 Å². The van der Waals surface area contributed by atoms with Gasteiger partial charge in [-0.05, 0) is 72.0 Å². The Bertz CT molecular complexity index is 306. The standard InChI is InChI=1S/C16H31N3/c1-5-11-18-16(6-2,14-17)10-8-13-19-12-7-9-15(19,3)4/h18H,5-13H2,1-4H3. The van der Waals surface area contributed by atoms with Crippen LogP contribution in [-0.4, -0.2) is 35.6 Å². The van der Waals surface area contributed by atoms with Crippen molar-refractivity contribution in [3.63, 3.8) is 0 Å². The number of nitriles is 1. The Kier molecular flexibility index (Phi) is 6.29. The monoisotopic (exact) mass is 265 g/mol. The Morgan fingerprint density at radius 1 is 1.37 bits per heavy atom. The van der Waals surface area contributed by atoms with Gasteiger partial charge in [0.25, 0.3) is 0 Å². The van der Waals surface area contributed by atoms with Crippen molar-refractivity contribution < 1.29 is 0 Å². The summed E-state index contributed by atoms with van der Waals surface area (Å²) >= 11 is 0. The van der Waals surface area contributed by atoms with E-state index in [9.17, 15) is 5.26 Å². The van der Waals surface area contributed by atoms with E-state index in [-0.39, 0.29) is 5.54 Å². The van der Waals surface area contributed by atoms with Crippen molar-refractivity contribution >= 4 is 0 Å². The van der Waals surface area contributed by atoms with Gasteiger partial charge in [0, 0.05) is 5.54 Å². The summed E-state index contributed by atoms with van der Waals surface area (Å²) < 4.78 is 0. The SMILES string of the molecule is CCCNC(C#N)(CC)CCCN1CCCC1(C)C. The van der Waals surface area contributed by atoms with E-state index in [2.05, 4.69) is 44.0 Å². The van der Waals surface area contributed by atoms with E-state index >= 15 is 0 Å². The summed E-state index contributed by atoms with van der Waals surface area (Å²) in [7, 11) is 0. The lowest BCUT2D eigenvalue weighted by Crippen LogP contribution is -2.45. The van der Waals surface area contributed by atoms with Gasteiger partial charge in [0.05, 0.1) is 6.07 Å². The number of hydrogen-bond donors (Lipinski definition) is 1. The molecule has 0 bridgehead atoms. The summed E-state index contributed by atoms with van der Waals surface area (Å²) in [6, 6.07) is 2.52. The van der Waals surface area contributed by atoms with Gasteiger partial charge in [-0.1, -0.05) is 13.8 Å². The quantitative estimate of drug-likeness (QED) is 0.732. The van der Waals surface area contributed by atoms with E-state index in [1.165, 1.54) is 19.4 Å². The Labute approximate surface area is 119 Å². The molecule has 1 saturated heterocycles. The van der Waals surface area contributed by atoms with Crippen LogP contribution in [0.15, 0.2) is 0 Å². The Hall–Kier alpha value is -0.590. The van der Waals surface area contributed by atoms with Crippen LogP contribution in [-0.2, 0) is 0 Å². The van der Waals surface area contributed by atoms with Crippen LogP contribution in [0.1, 0.15) is 66.2 Å². The number of likely N-dealkylation sites (tertiary alicyclic amines) is 1. The Morgan fingerprint density at radius 2 is 2.11 bits per heavy atom. The zero-order chi connectivity index (χ0) is 14.4. The van der Waals surface area contributed by atoms with E-state index in [1.54, 1.807) is 0 Å². The maximum absolute atomic E-state index is 9.47. The average molecular weight is 265 g/mol. The van der Waals surface area contributed by atoms with Gasteiger partial charge in [-0.25, -0.2) is 0 Å². The average Bonchev–Trinajstić information content (AvgIpc) is 2.73. The van der Waals surface area contributed by atoms with Crippen molar-refractivity contribution in [2.45, 2.75) is 77.3 Å². The van der Waals surface area contributed by atoms with Crippen molar-refractivity contribution in [1.29, 1.82) is 5.26 Å². The van der Waals surface area contributed by atoms with Crippen LogP contribution >= 0.6 is 0 Å². The molecule has 3 nitrogen and oxygen atoms in total. The molecule has 0 aromatic carbocycles. The van der Waals surface area contributed by atoms with E-state index in [4.69, 9.17) is 0 Å². The molecule has 1 aliphatic rings. The summed E-state index contributed by atoms with van der Waals surface area (Å²) in [4.78, 5) is 2.59. The number of rotatable bonds is 8. The molecule has 0 radical (unpaired) electrons. The molecule has 19 heavy (non-hydrogen) atoms. The van der Waals surface area contributed by atoms with Crippen LogP contribution in [0.25, 0.3) is 0 Å². The summed E-state index contributed by atoms with van der Waals surface area (Å²) in [6.07, 6.45) is 6.68. The van der Waals surface area contributed by atoms with Gasteiger partial charge in [0.2, 0.25) is 0 Å². The minimum absolute atomic E-state index is 0.306. The smallest absolute Gasteiger partial charge is 0.106 e. The highest BCUT2D eigenvalue weighted by Gasteiger charge is 2.32. The summed E-state index contributed by atoms with van der Waals surface area (Å²) in [5.41, 5.74) is 0.0538. The van der Waals surface area contributed by atoms with Crippen LogP contribution in [0.5, 0.6) is 0 Å². The molecule has 110 valence electrons. The van der Waals surface area contributed by atoms with Crippen LogP contribution < -0.4 is 5.32 Å². The third-order valence-electron chi connectivity index (χ3n) is 4.64. The zero-order valence-electron chi connectivity index (χ0n) is 13.3. The largest absolute Gasteiger partial charge is 0.299 e. The minimum Gasteiger partial charge on any atom is -0.299 e. The van der Waals surface area contributed by atoms with Gasteiger partial charge in [-0.2, -0.15) is 5.26 Å². The fraction of sp³-hybridized carbons (Fsp3) is 0.938. The maximum Gasteiger partial charge on any atom is 0.106 e. The van der Waals surface area contributed by atoms with E-state index in [0.29, 0.717) is 5.54 Å². The summed E-state index contributed by atoms with van der Waals surface area (Å²) in [5, 5.41) is 12.9. The molecule has 0 aromatic heterocycles. The second-order valence-electron chi connectivity index (χ2n) is 6.48. The molecule has 0 amide bonds. The van der Waals surface area contributed by atoms with E-state index in [0.717, 1.165) is 38.8 Å². The predicted octanol–water partition coefficient (Wildman–Crippen LogP) is 3.31. The molecular weight excluding hydrogens is 234 g/mol. The Balaban J connectivity index is 2.42. The molecule has 0 aliphatic carbocycles. The molecule has 1 heterocycles. The van der Waals surface area contributed by atoms with Gasteiger partial charge in [0.15, 0.2) is 0 Å². The molecule has 0 aromatic rings. The second kappa shape index (κ2) is 7.26. The van der Waals surface area contributed by atoms with Crippen molar-refractivity contribution in [3.8, 4) is 6.07 Å². The zero-order valence-corrected chi connectivity index (χ0v) is 13.3. The first kappa shape index (κ1) is 16.5. The van der Waals surface area contributed by atoms with E-state index in [1.807, 2.05) is 0 Å². The highest BCUT2D eigenvalue weighted by Crippen LogP contribution is 2.29. The normalized spacial score (nSPS) is 22.1. The summed E-state index contributed by atoms with van der Waals surface area (Å²) in [6.45, 7) is 12.2. The highest BCUT2D eigenvalue weighted by atomic mass is 15.2. The van der Waals surface area contributed by atoms with Crippen LogP contribution in [0, 0.1) is 11.3 Å². The van der Waals surface area contributed by atoms with Gasteiger partial charge in [0.1, 0.15) is 5.54 Å². The molecule has 1 N–H and O–H groups in total. The van der Waals surface area contributed by atoms with Gasteiger partial charge in [-0.3, -0.25) is 10.2 Å². The fourth-order valence-corrected chi connectivity index (χ4v) is 3.08. The summed E-state index contributed by atoms with van der Waals surface area (Å²) in [5.74, 6) is 0. The number of nitrogens with zero attached hydrogens (tertiary/aromatic N) is 2. The van der Waals surface area contributed by atoms with Crippen molar-refractivity contribution in [2.24, 2.45) is 0 Å². The van der Waals surface area contributed by atoms with Crippen LogP contribution in [0.4, 0.5) is 0 Å². The molecule has 1 atom stereocenters. The topological polar surface area (TPSA) is 39.1 Å². The first-order valence-electron chi connectivity index (χ1n) is 7.91. The second-order valence-corrected chi connectivity index (χ2v) is 6.48. The highest BCUT2D eigenvalue weighted by molar-refractivity contribution is 5.06. The lowest BCUT2D eigenvalue weighted by atomic mass is 9.91. The maximum atomic E-state index is 9.47. The molecule has 3 heteroatoms. The Morgan fingerprint density at radius 3 is 2.58 bits per heavy atom. The molecule has 1 fully saturated rings. The van der Waals surface area contributed by atoms with Crippen LogP contribution in [0.3, 0.4) is 0 Å². The number of nitrogens with one attached hydrogen (secondary N) is 1. The van der Waals surface area contributed by atoms with Crippen molar-refractivity contribution in [1.82, 2.24) is 10.2 Å². The van der Waals surface area contributed by atoms with Gasteiger partial charge in [-0.15, -0.1) is 0 Å². The third kappa shape index (κ3) is 4.47. The first-order valence-corrected chi connectivity index (χ1v) is 7.91. The molecule has 1 aliphatic heterocycles. The molecule has 0 saturated carbocycles. The molecule has 1 rings (SSSR count). The third-order valence-corrected chi connectivity index (χ3v) is 4.64. The van der Waals surface area contributed by atoms with Crippen molar-refractivity contribution in [3.05, 3.63) is 0 Å². The predicted molar refractivity (Wildman–Crippen MR) is 81.0 cm³/mol. The fourth-order valence-electron chi connectivity index (χ4n) is 3.08. The molecule has 1 unspecified atom stereocenters. The van der Waals surface area contributed by atoms with Crippen molar-refractivity contribution in [2.75, 3.05) is 19.6 Å². The first-order chi connectivity index (χ1) is 8.99. The minimum atomic E-state index is -0.306. The number of hydrogen-bond acceptors (Lipinski definition) is 3. The van der Waals surface area contributed by atoms with Gasteiger partial charge >= 0.3 is 0 Å². The lowest BCUT2D eigenvalue weighted by Gasteiger charge is -2.33. The molecular formula is C16H31N3. The van der Waals surface area contributed by atoms with E-state index < -0.39 is 0 Å².